The van der Waals surface area contributed by atoms with Crippen molar-refractivity contribution in [1.29, 1.82) is 0 Å². The van der Waals surface area contributed by atoms with Gasteiger partial charge in [0, 0.05) is 24.5 Å². The summed E-state index contributed by atoms with van der Waals surface area (Å²) in [4.78, 5) is 22.7. The molecule has 0 amide bonds. The van der Waals surface area contributed by atoms with Crippen LogP contribution in [0, 0.1) is 5.82 Å². The highest BCUT2D eigenvalue weighted by Crippen LogP contribution is 2.34. The van der Waals surface area contributed by atoms with E-state index >= 15 is 0 Å². The monoisotopic (exact) mass is 379 g/mol. The van der Waals surface area contributed by atoms with Crippen LogP contribution >= 0.6 is 0 Å². The van der Waals surface area contributed by atoms with Gasteiger partial charge in [-0.1, -0.05) is 0 Å². The Bertz CT molecular complexity index is 1200. The number of rotatable bonds is 5. The van der Waals surface area contributed by atoms with Crippen LogP contribution in [0.3, 0.4) is 0 Å². The van der Waals surface area contributed by atoms with Gasteiger partial charge in [-0.2, -0.15) is 0 Å². The zero-order chi connectivity index (χ0) is 19.8. The summed E-state index contributed by atoms with van der Waals surface area (Å²) in [5.74, 6) is -0.307. The molecule has 7 heteroatoms. The number of benzene rings is 2. The molecule has 4 aromatic rings. The number of aromatic nitrogens is 2. The van der Waals surface area contributed by atoms with E-state index in [1.165, 1.54) is 24.3 Å². The van der Waals surface area contributed by atoms with E-state index < -0.39 is 5.97 Å². The van der Waals surface area contributed by atoms with Crippen molar-refractivity contribution in [1.82, 2.24) is 9.97 Å². The number of carboxylic acid groups (broad SMARTS) is 1. The predicted molar refractivity (Wildman–Crippen MR) is 105 cm³/mol. The summed E-state index contributed by atoms with van der Waals surface area (Å²) in [5.41, 5.74) is 2.18. The molecule has 0 spiro atoms. The van der Waals surface area contributed by atoms with Crippen molar-refractivity contribution in [3.63, 3.8) is 0 Å². The van der Waals surface area contributed by atoms with Gasteiger partial charge in [-0.3, -0.25) is 0 Å². The van der Waals surface area contributed by atoms with Crippen molar-refractivity contribution in [2.75, 3.05) is 18.0 Å². The summed E-state index contributed by atoms with van der Waals surface area (Å²) in [7, 11) is 0. The van der Waals surface area contributed by atoms with Crippen molar-refractivity contribution >= 4 is 33.8 Å². The third-order valence-corrected chi connectivity index (χ3v) is 4.67. The van der Waals surface area contributed by atoms with Gasteiger partial charge in [-0.25, -0.2) is 19.2 Å². The standard InChI is InChI=1S/C21H18FN3O3/c1-3-25(4-2)20-19(18-10-12-5-7-14(22)11-17(12)28-18)23-15-8-6-13(21(26)27)9-16(15)24-20/h5-11H,3-4H2,1-2H3,(H,26,27). The molecule has 0 aliphatic carbocycles. The molecule has 4 rings (SSSR count). The molecule has 0 radical (unpaired) electrons. The molecule has 6 nitrogen and oxygen atoms in total. The van der Waals surface area contributed by atoms with Gasteiger partial charge in [0.15, 0.2) is 11.6 Å². The minimum atomic E-state index is -1.02. The molecule has 0 aliphatic rings. The number of carboxylic acids is 1. The van der Waals surface area contributed by atoms with Crippen molar-refractivity contribution in [3.8, 4) is 11.5 Å². The van der Waals surface area contributed by atoms with E-state index in [1.54, 1.807) is 12.1 Å². The normalized spacial score (nSPS) is 11.2. The Hall–Kier alpha value is -3.48. The Morgan fingerprint density at radius 1 is 1.07 bits per heavy atom. The number of nitrogens with zero attached hydrogens (tertiary/aromatic N) is 3. The van der Waals surface area contributed by atoms with Gasteiger partial charge in [0.2, 0.25) is 0 Å². The molecule has 2 aromatic heterocycles. The first-order valence-electron chi connectivity index (χ1n) is 8.99. The summed E-state index contributed by atoms with van der Waals surface area (Å²) in [6.45, 7) is 5.38. The van der Waals surface area contributed by atoms with Gasteiger partial charge in [0.05, 0.1) is 16.6 Å². The van der Waals surface area contributed by atoms with Gasteiger partial charge in [0.1, 0.15) is 17.1 Å². The third kappa shape index (κ3) is 3.05. The Labute approximate surface area is 160 Å². The summed E-state index contributed by atoms with van der Waals surface area (Å²) in [6, 6.07) is 10.8. The molecule has 0 aliphatic heterocycles. The number of carbonyl (C=O) groups is 1. The Morgan fingerprint density at radius 3 is 2.57 bits per heavy atom. The fourth-order valence-electron chi connectivity index (χ4n) is 3.21. The quantitative estimate of drug-likeness (QED) is 0.540. The molecule has 142 valence electrons. The van der Waals surface area contributed by atoms with Gasteiger partial charge in [0.25, 0.3) is 0 Å². The SMILES string of the molecule is CCN(CC)c1nc2cc(C(=O)O)ccc2nc1-c1cc2ccc(F)cc2o1. The summed E-state index contributed by atoms with van der Waals surface area (Å²) < 4.78 is 19.4. The molecule has 0 unspecified atom stereocenters. The van der Waals surface area contributed by atoms with Gasteiger partial charge < -0.3 is 14.4 Å². The maximum absolute atomic E-state index is 13.5. The zero-order valence-corrected chi connectivity index (χ0v) is 15.4. The fourth-order valence-corrected chi connectivity index (χ4v) is 3.21. The van der Waals surface area contributed by atoms with Crippen LogP contribution in [0.15, 0.2) is 46.9 Å². The lowest BCUT2D eigenvalue weighted by molar-refractivity contribution is 0.0697. The van der Waals surface area contributed by atoms with Crippen LogP contribution in [0.5, 0.6) is 0 Å². The number of fused-ring (bicyclic) bond motifs is 2. The number of hydrogen-bond acceptors (Lipinski definition) is 5. The summed E-state index contributed by atoms with van der Waals surface area (Å²) in [6.07, 6.45) is 0. The molecule has 28 heavy (non-hydrogen) atoms. The Balaban J connectivity index is 1.97. The Kier molecular flexibility index (Phi) is 4.43. The average Bonchev–Trinajstić information content (AvgIpc) is 3.10. The lowest BCUT2D eigenvalue weighted by Gasteiger charge is -2.22. The fraction of sp³-hybridized carbons (Fsp3) is 0.190. The number of aromatic carboxylic acids is 1. The second-order valence-electron chi connectivity index (χ2n) is 6.37. The topological polar surface area (TPSA) is 79.5 Å². The zero-order valence-electron chi connectivity index (χ0n) is 15.4. The second kappa shape index (κ2) is 6.92. The molecule has 0 fully saturated rings. The third-order valence-electron chi connectivity index (χ3n) is 4.67. The van der Waals surface area contributed by atoms with E-state index in [0.29, 0.717) is 47.0 Å². The van der Waals surface area contributed by atoms with Crippen LogP contribution < -0.4 is 4.90 Å². The number of furan rings is 1. The van der Waals surface area contributed by atoms with E-state index in [2.05, 4.69) is 0 Å². The first-order chi connectivity index (χ1) is 13.5. The maximum atomic E-state index is 13.5. The molecule has 0 bridgehead atoms. The highest BCUT2D eigenvalue weighted by atomic mass is 19.1. The van der Waals surface area contributed by atoms with Crippen LogP contribution in [0.4, 0.5) is 10.2 Å². The van der Waals surface area contributed by atoms with Gasteiger partial charge in [-0.05, 0) is 50.2 Å². The molecule has 2 aromatic carbocycles. The van der Waals surface area contributed by atoms with E-state index in [1.807, 2.05) is 24.8 Å². The second-order valence-corrected chi connectivity index (χ2v) is 6.37. The van der Waals surface area contributed by atoms with Crippen molar-refractivity contribution < 1.29 is 18.7 Å². The van der Waals surface area contributed by atoms with Crippen molar-refractivity contribution in [3.05, 3.63) is 53.8 Å². The molecule has 1 N–H and O–H groups in total. The number of halogens is 1. The van der Waals surface area contributed by atoms with Gasteiger partial charge in [-0.15, -0.1) is 0 Å². The van der Waals surface area contributed by atoms with Crippen molar-refractivity contribution in [2.45, 2.75) is 13.8 Å². The number of anilines is 1. The largest absolute Gasteiger partial charge is 0.478 e. The molecule has 2 heterocycles. The van der Waals surface area contributed by atoms with Crippen LogP contribution in [-0.2, 0) is 0 Å². The average molecular weight is 379 g/mol. The summed E-state index contributed by atoms with van der Waals surface area (Å²) >= 11 is 0. The van der Waals surface area contributed by atoms with Crippen LogP contribution in [0.25, 0.3) is 33.5 Å². The molecule has 0 saturated carbocycles. The van der Waals surface area contributed by atoms with E-state index in [4.69, 9.17) is 14.4 Å². The van der Waals surface area contributed by atoms with Gasteiger partial charge >= 0.3 is 5.97 Å². The molecule has 0 saturated heterocycles. The van der Waals surface area contributed by atoms with Crippen LogP contribution in [0.2, 0.25) is 0 Å². The minimum Gasteiger partial charge on any atom is -0.478 e. The number of hydrogen-bond donors (Lipinski definition) is 1. The highest BCUT2D eigenvalue weighted by molar-refractivity contribution is 5.93. The van der Waals surface area contributed by atoms with E-state index in [0.717, 1.165) is 5.39 Å². The highest BCUT2D eigenvalue weighted by Gasteiger charge is 2.19. The predicted octanol–water partition coefficient (Wildman–Crippen LogP) is 4.73. The van der Waals surface area contributed by atoms with E-state index in [9.17, 15) is 14.3 Å². The Morgan fingerprint density at radius 2 is 1.86 bits per heavy atom. The summed E-state index contributed by atoms with van der Waals surface area (Å²) in [5, 5.41) is 10.0. The smallest absolute Gasteiger partial charge is 0.335 e. The lowest BCUT2D eigenvalue weighted by atomic mass is 10.1. The van der Waals surface area contributed by atoms with Crippen LogP contribution in [-0.4, -0.2) is 34.1 Å². The molecule has 0 atom stereocenters. The van der Waals surface area contributed by atoms with E-state index in [-0.39, 0.29) is 11.4 Å². The molecular weight excluding hydrogens is 361 g/mol. The minimum absolute atomic E-state index is 0.152. The maximum Gasteiger partial charge on any atom is 0.335 e. The first kappa shape index (κ1) is 17.9. The molecular formula is C21H18FN3O3. The van der Waals surface area contributed by atoms with Crippen LogP contribution in [0.1, 0.15) is 24.2 Å². The van der Waals surface area contributed by atoms with Crippen molar-refractivity contribution in [2.24, 2.45) is 0 Å². The lowest BCUT2D eigenvalue weighted by Crippen LogP contribution is -2.24. The first-order valence-corrected chi connectivity index (χ1v) is 8.99.